The zero-order valence-electron chi connectivity index (χ0n) is 11.8. The lowest BCUT2D eigenvalue weighted by molar-refractivity contribution is -0.144. The van der Waals surface area contributed by atoms with Crippen LogP contribution in [0.5, 0.6) is 0 Å². The van der Waals surface area contributed by atoms with Gasteiger partial charge in [0.2, 0.25) is 5.91 Å². The third-order valence-electron chi connectivity index (χ3n) is 2.91. The van der Waals surface area contributed by atoms with Gasteiger partial charge in [0.15, 0.2) is 0 Å². The van der Waals surface area contributed by atoms with Crippen molar-refractivity contribution in [2.45, 2.75) is 38.1 Å². The first-order chi connectivity index (χ1) is 10.0. The van der Waals surface area contributed by atoms with Crippen molar-refractivity contribution >= 4 is 29.2 Å². The standard InChI is InChI=1S/C14H19NO5S/c1-20-13(17)8-7-11(14(18)19)15-12(16)6-2-4-10-5-3-9-21-10/h3,5,9,11H,2,4,6-8H2,1H3,(H,15,16)(H,18,19). The molecule has 116 valence electrons. The zero-order chi connectivity index (χ0) is 15.7. The number of carboxylic acids is 1. The summed E-state index contributed by atoms with van der Waals surface area (Å²) in [5, 5.41) is 13.4. The molecule has 1 atom stereocenters. The van der Waals surface area contributed by atoms with E-state index in [1.54, 1.807) is 11.3 Å². The molecule has 0 spiro atoms. The topological polar surface area (TPSA) is 92.7 Å². The lowest BCUT2D eigenvalue weighted by atomic mass is 10.1. The van der Waals surface area contributed by atoms with Gasteiger partial charge in [-0.15, -0.1) is 11.3 Å². The molecule has 1 heterocycles. The maximum Gasteiger partial charge on any atom is 0.326 e. The second-order valence-electron chi connectivity index (χ2n) is 4.51. The average molecular weight is 313 g/mol. The summed E-state index contributed by atoms with van der Waals surface area (Å²) in [5.41, 5.74) is 0. The summed E-state index contributed by atoms with van der Waals surface area (Å²) in [6, 6.07) is 2.89. The maximum absolute atomic E-state index is 11.7. The highest BCUT2D eigenvalue weighted by atomic mass is 32.1. The van der Waals surface area contributed by atoms with Crippen LogP contribution in [0.15, 0.2) is 17.5 Å². The van der Waals surface area contributed by atoms with E-state index < -0.39 is 18.0 Å². The summed E-state index contributed by atoms with van der Waals surface area (Å²) < 4.78 is 4.45. The molecule has 0 fully saturated rings. The molecule has 0 aromatic carbocycles. The number of hydrogen-bond acceptors (Lipinski definition) is 5. The van der Waals surface area contributed by atoms with Crippen molar-refractivity contribution in [2.24, 2.45) is 0 Å². The highest BCUT2D eigenvalue weighted by molar-refractivity contribution is 7.09. The van der Waals surface area contributed by atoms with Crippen molar-refractivity contribution in [3.63, 3.8) is 0 Å². The number of rotatable bonds is 9. The van der Waals surface area contributed by atoms with E-state index in [0.717, 1.165) is 6.42 Å². The van der Waals surface area contributed by atoms with E-state index in [4.69, 9.17) is 5.11 Å². The molecular weight excluding hydrogens is 294 g/mol. The summed E-state index contributed by atoms with van der Waals surface area (Å²) >= 11 is 1.63. The van der Waals surface area contributed by atoms with E-state index in [9.17, 15) is 14.4 Å². The number of methoxy groups -OCH3 is 1. The third-order valence-corrected chi connectivity index (χ3v) is 3.84. The molecule has 2 N–H and O–H groups in total. The fourth-order valence-electron chi connectivity index (χ4n) is 1.77. The van der Waals surface area contributed by atoms with Gasteiger partial charge in [-0.05, 0) is 30.7 Å². The molecule has 0 saturated heterocycles. The molecule has 1 amide bonds. The van der Waals surface area contributed by atoms with E-state index in [1.165, 1.54) is 12.0 Å². The van der Waals surface area contributed by atoms with Gasteiger partial charge in [-0.1, -0.05) is 6.07 Å². The van der Waals surface area contributed by atoms with Crippen LogP contribution in [0.2, 0.25) is 0 Å². The van der Waals surface area contributed by atoms with Gasteiger partial charge in [-0.25, -0.2) is 4.79 Å². The zero-order valence-corrected chi connectivity index (χ0v) is 12.6. The van der Waals surface area contributed by atoms with E-state index in [1.807, 2.05) is 17.5 Å². The predicted octanol–water partition coefficient (Wildman–Crippen LogP) is 1.59. The minimum Gasteiger partial charge on any atom is -0.480 e. The molecular formula is C14H19NO5S. The molecule has 0 saturated carbocycles. The Labute approximate surface area is 127 Å². The van der Waals surface area contributed by atoms with Crippen molar-refractivity contribution in [2.75, 3.05) is 7.11 Å². The molecule has 0 aliphatic carbocycles. The van der Waals surface area contributed by atoms with Gasteiger partial charge in [0, 0.05) is 17.7 Å². The number of esters is 1. The SMILES string of the molecule is COC(=O)CCC(NC(=O)CCCc1cccs1)C(=O)O. The number of aryl methyl sites for hydroxylation is 1. The Hall–Kier alpha value is -1.89. The quantitative estimate of drug-likeness (QED) is 0.675. The number of hydrogen-bond donors (Lipinski definition) is 2. The fraction of sp³-hybridized carbons (Fsp3) is 0.500. The molecule has 1 aromatic heterocycles. The van der Waals surface area contributed by atoms with Gasteiger partial charge in [0.05, 0.1) is 7.11 Å². The van der Waals surface area contributed by atoms with E-state index >= 15 is 0 Å². The highest BCUT2D eigenvalue weighted by Gasteiger charge is 2.20. The Morgan fingerprint density at radius 3 is 2.71 bits per heavy atom. The summed E-state index contributed by atoms with van der Waals surface area (Å²) in [7, 11) is 1.24. The van der Waals surface area contributed by atoms with Crippen LogP contribution >= 0.6 is 11.3 Å². The van der Waals surface area contributed by atoms with E-state index in [-0.39, 0.29) is 25.2 Å². The van der Waals surface area contributed by atoms with Crippen molar-refractivity contribution in [1.29, 1.82) is 0 Å². The number of aliphatic carboxylic acids is 1. The highest BCUT2D eigenvalue weighted by Crippen LogP contribution is 2.12. The molecule has 1 rings (SSSR count). The van der Waals surface area contributed by atoms with Crippen LogP contribution < -0.4 is 5.32 Å². The van der Waals surface area contributed by atoms with Gasteiger partial charge in [-0.3, -0.25) is 9.59 Å². The van der Waals surface area contributed by atoms with Crippen molar-refractivity contribution in [1.82, 2.24) is 5.32 Å². The van der Waals surface area contributed by atoms with Crippen LogP contribution in [0.1, 0.15) is 30.6 Å². The Kier molecular flexibility index (Phi) is 7.45. The van der Waals surface area contributed by atoms with Crippen LogP contribution in [-0.4, -0.2) is 36.1 Å². The Balaban J connectivity index is 2.31. The van der Waals surface area contributed by atoms with Crippen LogP contribution in [0.25, 0.3) is 0 Å². The molecule has 1 aromatic rings. The Morgan fingerprint density at radius 1 is 1.38 bits per heavy atom. The average Bonchev–Trinajstić information content (AvgIpc) is 2.95. The number of ether oxygens (including phenoxy) is 1. The van der Waals surface area contributed by atoms with Crippen LogP contribution in [0.4, 0.5) is 0 Å². The lowest BCUT2D eigenvalue weighted by Crippen LogP contribution is -2.41. The third kappa shape index (κ3) is 6.89. The molecule has 0 bridgehead atoms. The monoisotopic (exact) mass is 313 g/mol. The molecule has 6 nitrogen and oxygen atoms in total. The summed E-state index contributed by atoms with van der Waals surface area (Å²) in [6.07, 6.45) is 1.71. The molecule has 0 aliphatic rings. The van der Waals surface area contributed by atoms with E-state index in [2.05, 4.69) is 10.1 Å². The first-order valence-electron chi connectivity index (χ1n) is 6.64. The summed E-state index contributed by atoms with van der Waals surface area (Å²) in [5.74, 6) is -1.96. The minimum atomic E-state index is -1.15. The fourth-order valence-corrected chi connectivity index (χ4v) is 2.52. The van der Waals surface area contributed by atoms with Gasteiger partial charge in [-0.2, -0.15) is 0 Å². The summed E-state index contributed by atoms with van der Waals surface area (Å²) in [6.45, 7) is 0. The minimum absolute atomic E-state index is 0.0265. The lowest BCUT2D eigenvalue weighted by Gasteiger charge is -2.13. The Bertz CT molecular complexity index is 472. The molecule has 0 aliphatic heterocycles. The van der Waals surface area contributed by atoms with Crippen LogP contribution in [-0.2, 0) is 25.5 Å². The maximum atomic E-state index is 11.7. The number of carbonyl (C=O) groups is 3. The van der Waals surface area contributed by atoms with Gasteiger partial charge in [0.1, 0.15) is 6.04 Å². The largest absolute Gasteiger partial charge is 0.480 e. The molecule has 21 heavy (non-hydrogen) atoms. The number of nitrogens with one attached hydrogen (secondary N) is 1. The first-order valence-corrected chi connectivity index (χ1v) is 7.52. The number of amides is 1. The summed E-state index contributed by atoms with van der Waals surface area (Å²) in [4.78, 5) is 34.9. The second kappa shape index (κ2) is 9.12. The predicted molar refractivity (Wildman–Crippen MR) is 78.1 cm³/mol. The number of thiophene rings is 1. The van der Waals surface area contributed by atoms with Gasteiger partial charge < -0.3 is 15.2 Å². The molecule has 0 radical (unpaired) electrons. The molecule has 7 heteroatoms. The molecule has 1 unspecified atom stereocenters. The van der Waals surface area contributed by atoms with Crippen LogP contribution in [0.3, 0.4) is 0 Å². The first kappa shape index (κ1) is 17.2. The second-order valence-corrected chi connectivity index (χ2v) is 5.54. The van der Waals surface area contributed by atoms with Crippen LogP contribution in [0, 0.1) is 0 Å². The van der Waals surface area contributed by atoms with Crippen molar-refractivity contribution < 1.29 is 24.2 Å². The smallest absolute Gasteiger partial charge is 0.326 e. The number of carboxylic acid groups (broad SMARTS) is 1. The van der Waals surface area contributed by atoms with E-state index in [0.29, 0.717) is 6.42 Å². The normalized spacial score (nSPS) is 11.7. The van der Waals surface area contributed by atoms with Gasteiger partial charge >= 0.3 is 11.9 Å². The number of carbonyl (C=O) groups excluding carboxylic acids is 2. The van der Waals surface area contributed by atoms with Gasteiger partial charge in [0.25, 0.3) is 0 Å². The Morgan fingerprint density at radius 2 is 2.14 bits per heavy atom. The van der Waals surface area contributed by atoms with Crippen molar-refractivity contribution in [3.05, 3.63) is 22.4 Å². The van der Waals surface area contributed by atoms with Crippen molar-refractivity contribution in [3.8, 4) is 0 Å².